The highest BCUT2D eigenvalue weighted by Crippen LogP contribution is 2.41. The van der Waals surface area contributed by atoms with Crippen LogP contribution in [0, 0.1) is 0 Å². The lowest BCUT2D eigenvalue weighted by molar-refractivity contribution is 0.0754. The summed E-state index contributed by atoms with van der Waals surface area (Å²) in [4.78, 5) is 4.68. The van der Waals surface area contributed by atoms with Crippen LogP contribution in [-0.4, -0.2) is 23.1 Å². The molecule has 2 heterocycles. The lowest BCUT2D eigenvalue weighted by Gasteiger charge is -2.19. The van der Waals surface area contributed by atoms with Gasteiger partial charge in [-0.15, -0.1) is 11.3 Å². The summed E-state index contributed by atoms with van der Waals surface area (Å²) in [5, 5.41) is 3.41. The summed E-state index contributed by atoms with van der Waals surface area (Å²) in [7, 11) is 0. The number of rotatable bonds is 2. The quantitative estimate of drug-likeness (QED) is 0.775. The number of thioether (sulfide) groups is 1. The molecule has 1 aromatic heterocycles. The largest absolute Gasteiger partial charge is 0.369 e. The van der Waals surface area contributed by atoms with Crippen molar-refractivity contribution in [1.82, 2.24) is 4.98 Å². The normalized spacial score (nSPS) is 27.9. The fraction of sp³-hybridized carbons (Fsp3) is 0.700. The molecule has 14 heavy (non-hydrogen) atoms. The van der Waals surface area contributed by atoms with Gasteiger partial charge in [-0.2, -0.15) is 11.8 Å². The molecular weight excluding hydrogens is 214 g/mol. The zero-order valence-corrected chi connectivity index (χ0v) is 9.57. The molecule has 4 heteroatoms. The second-order valence-corrected chi connectivity index (χ2v) is 5.86. The first-order chi connectivity index (χ1) is 6.93. The Labute approximate surface area is 92.1 Å². The first-order valence-electron chi connectivity index (χ1n) is 5.08. The molecule has 1 saturated carbocycles. The molecule has 1 atom stereocenters. The molecule has 0 spiro atoms. The smallest absolute Gasteiger partial charge is 0.123 e. The first kappa shape index (κ1) is 9.19. The number of hydrogen-bond donors (Lipinski definition) is 0. The summed E-state index contributed by atoms with van der Waals surface area (Å²) in [6, 6.07) is 0. The van der Waals surface area contributed by atoms with Crippen LogP contribution in [0.25, 0.3) is 0 Å². The van der Waals surface area contributed by atoms with Crippen LogP contribution in [0.5, 0.6) is 0 Å². The molecule has 1 aliphatic heterocycles. The number of hydrogen-bond acceptors (Lipinski definition) is 4. The Morgan fingerprint density at radius 3 is 3.07 bits per heavy atom. The van der Waals surface area contributed by atoms with Crippen molar-refractivity contribution in [2.24, 2.45) is 0 Å². The van der Waals surface area contributed by atoms with Crippen LogP contribution >= 0.6 is 23.1 Å². The standard InChI is InChI=1S/C10H13NOS2/c1-2-7(1)8-5-14-10(11-8)9-6-13-4-3-12-9/h5,7,9H,1-4,6H2. The summed E-state index contributed by atoms with van der Waals surface area (Å²) >= 11 is 3.75. The third-order valence-electron chi connectivity index (χ3n) is 2.63. The van der Waals surface area contributed by atoms with Crippen molar-refractivity contribution in [2.75, 3.05) is 18.1 Å². The van der Waals surface area contributed by atoms with Crippen LogP contribution in [0.2, 0.25) is 0 Å². The van der Waals surface area contributed by atoms with Gasteiger partial charge in [-0.1, -0.05) is 0 Å². The minimum Gasteiger partial charge on any atom is -0.369 e. The molecule has 0 aromatic carbocycles. The van der Waals surface area contributed by atoms with E-state index >= 15 is 0 Å². The van der Waals surface area contributed by atoms with Crippen molar-refractivity contribution in [3.63, 3.8) is 0 Å². The summed E-state index contributed by atoms with van der Waals surface area (Å²) in [6.45, 7) is 0.883. The molecule has 2 aliphatic rings. The lowest BCUT2D eigenvalue weighted by Crippen LogP contribution is -2.15. The van der Waals surface area contributed by atoms with Gasteiger partial charge in [0.2, 0.25) is 0 Å². The van der Waals surface area contributed by atoms with Crippen LogP contribution in [0.3, 0.4) is 0 Å². The van der Waals surface area contributed by atoms with Crippen molar-refractivity contribution in [2.45, 2.75) is 24.9 Å². The monoisotopic (exact) mass is 227 g/mol. The topological polar surface area (TPSA) is 22.1 Å². The Balaban J connectivity index is 1.74. The highest BCUT2D eigenvalue weighted by molar-refractivity contribution is 7.99. The zero-order valence-electron chi connectivity index (χ0n) is 7.94. The third-order valence-corrected chi connectivity index (χ3v) is 4.58. The van der Waals surface area contributed by atoms with E-state index < -0.39 is 0 Å². The molecule has 76 valence electrons. The van der Waals surface area contributed by atoms with E-state index in [1.165, 1.54) is 23.5 Å². The predicted molar refractivity (Wildman–Crippen MR) is 60.1 cm³/mol. The van der Waals surface area contributed by atoms with Crippen molar-refractivity contribution in [3.05, 3.63) is 16.1 Å². The third kappa shape index (κ3) is 1.83. The Kier molecular flexibility index (Phi) is 2.51. The molecule has 1 unspecified atom stereocenters. The summed E-state index contributed by atoms with van der Waals surface area (Å²) in [5.41, 5.74) is 1.31. The summed E-state index contributed by atoms with van der Waals surface area (Å²) in [5.74, 6) is 2.99. The Hall–Kier alpha value is -0.0600. The van der Waals surface area contributed by atoms with E-state index in [0.717, 1.165) is 24.0 Å². The Bertz CT molecular complexity index is 316. The molecule has 0 bridgehead atoms. The molecule has 3 rings (SSSR count). The second kappa shape index (κ2) is 3.83. The fourth-order valence-corrected chi connectivity index (χ4v) is 3.55. The lowest BCUT2D eigenvalue weighted by atomic mass is 10.3. The highest BCUT2D eigenvalue weighted by atomic mass is 32.2. The van der Waals surface area contributed by atoms with Gasteiger partial charge in [0.1, 0.15) is 11.1 Å². The van der Waals surface area contributed by atoms with E-state index in [0.29, 0.717) is 0 Å². The van der Waals surface area contributed by atoms with Crippen molar-refractivity contribution >= 4 is 23.1 Å². The number of ether oxygens (including phenoxy) is 1. The van der Waals surface area contributed by atoms with Crippen molar-refractivity contribution in [1.29, 1.82) is 0 Å². The molecule has 1 saturated heterocycles. The van der Waals surface area contributed by atoms with Gasteiger partial charge >= 0.3 is 0 Å². The molecule has 0 radical (unpaired) electrons. The van der Waals surface area contributed by atoms with E-state index in [1.807, 2.05) is 11.8 Å². The van der Waals surface area contributed by atoms with Gasteiger partial charge in [-0.25, -0.2) is 4.98 Å². The van der Waals surface area contributed by atoms with Crippen LogP contribution in [-0.2, 0) is 4.74 Å². The number of thiazole rings is 1. The van der Waals surface area contributed by atoms with E-state index in [9.17, 15) is 0 Å². The second-order valence-electron chi connectivity index (χ2n) is 3.82. The van der Waals surface area contributed by atoms with Gasteiger partial charge in [-0.05, 0) is 12.8 Å². The molecule has 2 nitrogen and oxygen atoms in total. The van der Waals surface area contributed by atoms with Gasteiger partial charge < -0.3 is 4.74 Å². The zero-order chi connectivity index (χ0) is 9.38. The van der Waals surface area contributed by atoms with E-state index in [2.05, 4.69) is 10.4 Å². The first-order valence-corrected chi connectivity index (χ1v) is 7.11. The van der Waals surface area contributed by atoms with Gasteiger partial charge in [0, 0.05) is 22.8 Å². The van der Waals surface area contributed by atoms with Crippen LogP contribution in [0.1, 0.15) is 35.6 Å². The SMILES string of the molecule is c1sc(C2CSCCO2)nc1C1CC1. The van der Waals surface area contributed by atoms with Gasteiger partial charge in [0.15, 0.2) is 0 Å². The number of nitrogens with zero attached hydrogens (tertiary/aromatic N) is 1. The van der Waals surface area contributed by atoms with Gasteiger partial charge in [0.25, 0.3) is 0 Å². The minimum atomic E-state index is 0.270. The van der Waals surface area contributed by atoms with Crippen LogP contribution < -0.4 is 0 Å². The van der Waals surface area contributed by atoms with Gasteiger partial charge in [0.05, 0.1) is 12.3 Å². The maximum atomic E-state index is 5.70. The predicted octanol–water partition coefficient (Wildman–Crippen LogP) is 2.83. The molecule has 0 amide bonds. The molecule has 0 N–H and O–H groups in total. The van der Waals surface area contributed by atoms with E-state index in [-0.39, 0.29) is 6.10 Å². The molecule has 1 aromatic rings. The summed E-state index contributed by atoms with van der Waals surface area (Å²) in [6.07, 6.45) is 2.94. The minimum absolute atomic E-state index is 0.270. The van der Waals surface area contributed by atoms with Gasteiger partial charge in [-0.3, -0.25) is 0 Å². The summed E-state index contributed by atoms with van der Waals surface area (Å²) < 4.78 is 5.70. The molecule has 1 aliphatic carbocycles. The molecular formula is C10H13NOS2. The van der Waals surface area contributed by atoms with E-state index in [4.69, 9.17) is 4.74 Å². The molecule has 2 fully saturated rings. The van der Waals surface area contributed by atoms with Crippen LogP contribution in [0.4, 0.5) is 0 Å². The average molecular weight is 227 g/mol. The fourth-order valence-electron chi connectivity index (χ4n) is 1.65. The average Bonchev–Trinajstić information content (AvgIpc) is 2.98. The van der Waals surface area contributed by atoms with E-state index in [1.54, 1.807) is 11.3 Å². The number of aromatic nitrogens is 1. The van der Waals surface area contributed by atoms with Crippen LogP contribution in [0.15, 0.2) is 5.38 Å². The Morgan fingerprint density at radius 1 is 1.43 bits per heavy atom. The Morgan fingerprint density at radius 2 is 2.36 bits per heavy atom. The highest BCUT2D eigenvalue weighted by Gasteiger charge is 2.28. The van der Waals surface area contributed by atoms with Crippen molar-refractivity contribution in [3.8, 4) is 0 Å². The maximum absolute atomic E-state index is 5.70. The van der Waals surface area contributed by atoms with Crippen molar-refractivity contribution < 1.29 is 4.74 Å². The maximum Gasteiger partial charge on any atom is 0.123 e.